The number of nitrogens with zero attached hydrogens (tertiary/aromatic N) is 5. The summed E-state index contributed by atoms with van der Waals surface area (Å²) in [4.78, 5) is 16.9. The zero-order valence-corrected chi connectivity index (χ0v) is 16.9. The summed E-state index contributed by atoms with van der Waals surface area (Å²) in [7, 11) is 1.63. The largest absolute Gasteiger partial charge is 0.394 e. The van der Waals surface area contributed by atoms with Crippen LogP contribution in [0.5, 0.6) is 0 Å². The smallest absolute Gasteiger partial charge is 0.364 e. The van der Waals surface area contributed by atoms with Crippen LogP contribution in [0.2, 0.25) is 0 Å². The van der Waals surface area contributed by atoms with Gasteiger partial charge in [-0.1, -0.05) is 17.7 Å². The molecule has 1 N–H and O–H groups in total. The summed E-state index contributed by atoms with van der Waals surface area (Å²) in [6, 6.07) is 3.25. The maximum Gasteiger partial charge on any atom is 0.394 e. The monoisotopic (exact) mass is 440 g/mol. The molecule has 0 bridgehead atoms. The van der Waals surface area contributed by atoms with E-state index in [0.717, 1.165) is 11.3 Å². The highest BCUT2D eigenvalue weighted by Crippen LogP contribution is 2.26. The first-order valence-electron chi connectivity index (χ1n) is 9.15. The van der Waals surface area contributed by atoms with Crippen molar-refractivity contribution < 1.29 is 18.0 Å². The van der Waals surface area contributed by atoms with Gasteiger partial charge in [-0.2, -0.15) is 23.4 Å². The zero-order chi connectivity index (χ0) is 21.7. The lowest BCUT2D eigenvalue weighted by Gasteiger charge is -2.30. The van der Waals surface area contributed by atoms with Crippen LogP contribution in [0.25, 0.3) is 0 Å². The minimum absolute atomic E-state index is 0.00190. The Morgan fingerprint density at radius 3 is 2.93 bits per heavy atom. The van der Waals surface area contributed by atoms with E-state index in [1.807, 2.05) is 4.90 Å². The Hall–Kier alpha value is -2.88. The molecule has 0 amide bonds. The van der Waals surface area contributed by atoms with E-state index >= 15 is 0 Å². The van der Waals surface area contributed by atoms with Crippen LogP contribution in [0.15, 0.2) is 40.4 Å². The molecule has 160 valence electrons. The van der Waals surface area contributed by atoms with Gasteiger partial charge in [0.1, 0.15) is 5.03 Å². The van der Waals surface area contributed by atoms with Gasteiger partial charge in [0.15, 0.2) is 6.29 Å². The Bertz CT molecular complexity index is 969. The van der Waals surface area contributed by atoms with E-state index in [9.17, 15) is 18.0 Å². The predicted molar refractivity (Wildman–Crippen MR) is 106 cm³/mol. The van der Waals surface area contributed by atoms with Gasteiger partial charge in [0.2, 0.25) is 0 Å². The molecular formula is C19H20ClF3N6O. The van der Waals surface area contributed by atoms with Crippen molar-refractivity contribution in [2.24, 2.45) is 5.10 Å². The summed E-state index contributed by atoms with van der Waals surface area (Å²) in [6.07, 6.45) is 0.255. The molecule has 0 aromatic carbocycles. The molecule has 1 aliphatic heterocycles. The molecule has 1 aliphatic rings. The third-order valence-electron chi connectivity index (χ3n) is 4.69. The number of hydrogen-bond acceptors (Lipinski definition) is 6. The van der Waals surface area contributed by atoms with Crippen LogP contribution >= 0.6 is 11.6 Å². The molecule has 0 radical (unpaired) electrons. The third-order valence-corrected chi connectivity index (χ3v) is 4.97. The van der Waals surface area contributed by atoms with Gasteiger partial charge in [-0.3, -0.25) is 14.5 Å². The van der Waals surface area contributed by atoms with Crippen LogP contribution in [0, 0.1) is 0 Å². The van der Waals surface area contributed by atoms with Crippen molar-refractivity contribution in [3.63, 3.8) is 0 Å². The molecule has 0 fully saturated rings. The molecule has 0 atom stereocenters. The van der Waals surface area contributed by atoms with Gasteiger partial charge < -0.3 is 10.3 Å². The van der Waals surface area contributed by atoms with Crippen LogP contribution in [0.3, 0.4) is 0 Å². The summed E-state index contributed by atoms with van der Waals surface area (Å²) in [6.45, 7) is 1.21. The van der Waals surface area contributed by atoms with E-state index in [-0.39, 0.29) is 17.3 Å². The second-order valence-corrected chi connectivity index (χ2v) is 7.09. The average molecular weight is 441 g/mol. The number of aldehydes is 1. The lowest BCUT2D eigenvalue weighted by Crippen LogP contribution is -2.32. The number of allylic oxidation sites excluding steroid dienone is 2. The molecule has 0 aliphatic carbocycles. The number of carbonyl (C=O) groups is 1. The summed E-state index contributed by atoms with van der Waals surface area (Å²) >= 11 is 6.04. The van der Waals surface area contributed by atoms with E-state index < -0.39 is 12.6 Å². The quantitative estimate of drug-likeness (QED) is 0.310. The van der Waals surface area contributed by atoms with Gasteiger partial charge in [-0.25, -0.2) is 0 Å². The fourth-order valence-corrected chi connectivity index (χ4v) is 3.51. The van der Waals surface area contributed by atoms with Gasteiger partial charge >= 0.3 is 6.18 Å². The number of alkyl halides is 3. The van der Waals surface area contributed by atoms with E-state index in [2.05, 4.69) is 20.6 Å². The number of aromatic nitrogens is 3. The van der Waals surface area contributed by atoms with Crippen LogP contribution in [-0.4, -0.2) is 51.9 Å². The van der Waals surface area contributed by atoms with Crippen molar-refractivity contribution >= 4 is 24.1 Å². The second kappa shape index (κ2) is 9.29. The Morgan fingerprint density at radius 2 is 2.23 bits per heavy atom. The van der Waals surface area contributed by atoms with Gasteiger partial charge in [-0.05, 0) is 11.6 Å². The first-order chi connectivity index (χ1) is 14.3. The van der Waals surface area contributed by atoms with Gasteiger partial charge in [0.05, 0.1) is 36.8 Å². The van der Waals surface area contributed by atoms with Crippen molar-refractivity contribution in [3.8, 4) is 0 Å². The van der Waals surface area contributed by atoms with Crippen molar-refractivity contribution in [1.29, 1.82) is 0 Å². The Morgan fingerprint density at radius 1 is 1.43 bits per heavy atom. The molecule has 11 heteroatoms. The highest BCUT2D eigenvalue weighted by atomic mass is 35.5. The first-order valence-corrected chi connectivity index (χ1v) is 9.53. The molecule has 7 nitrogen and oxygen atoms in total. The summed E-state index contributed by atoms with van der Waals surface area (Å²) in [5.41, 5.74) is 5.42. The lowest BCUT2D eigenvalue weighted by molar-refractivity contribution is -0.128. The number of nitrogens with one attached hydrogen (secondary N) is 1. The summed E-state index contributed by atoms with van der Waals surface area (Å²) < 4.78 is 40.3. The molecule has 0 unspecified atom stereocenters. The molecular weight excluding hydrogens is 421 g/mol. The van der Waals surface area contributed by atoms with Crippen LogP contribution in [-0.2, 0) is 30.7 Å². The number of rotatable bonds is 7. The lowest BCUT2D eigenvalue weighted by atomic mass is 10.1. The van der Waals surface area contributed by atoms with E-state index in [1.54, 1.807) is 30.1 Å². The predicted octanol–water partition coefficient (Wildman–Crippen LogP) is 2.64. The van der Waals surface area contributed by atoms with E-state index in [4.69, 9.17) is 11.6 Å². The number of halogens is 4. The minimum Gasteiger partial charge on any atom is -0.364 e. The standard InChI is InChI=1S/C19H20ClF3N6O/c1-24-26-9-18(15(20)12-30)28-6-4-17-14(10-28)8-27-29(17)11-13-3-2-5-25-16(13)7-19(21,22)23/h2-3,5,8-9,12,24H,4,6-7,10-11H2,1H3/b18-15-,26-9-. The van der Waals surface area contributed by atoms with Crippen molar-refractivity contribution in [1.82, 2.24) is 25.1 Å². The molecule has 30 heavy (non-hydrogen) atoms. The number of hydrazone groups is 1. The number of carbonyl (C=O) groups excluding carboxylic acids is 1. The van der Waals surface area contributed by atoms with Crippen molar-refractivity contribution in [2.45, 2.75) is 32.1 Å². The molecule has 3 rings (SSSR count). The van der Waals surface area contributed by atoms with Gasteiger partial charge in [0.25, 0.3) is 0 Å². The SMILES string of the molecule is CN/N=C\C(=C(\Cl)C=O)N1CCc2c(cnn2Cc2cccnc2CC(F)(F)F)C1. The normalized spacial score (nSPS) is 15.2. The van der Waals surface area contributed by atoms with Gasteiger partial charge in [-0.15, -0.1) is 0 Å². The molecule has 3 heterocycles. The average Bonchev–Trinajstić information content (AvgIpc) is 3.10. The Kier molecular flexibility index (Phi) is 6.76. The third kappa shape index (κ3) is 5.18. The second-order valence-electron chi connectivity index (χ2n) is 6.68. The fourth-order valence-electron chi connectivity index (χ4n) is 3.34. The first kappa shape index (κ1) is 21.8. The van der Waals surface area contributed by atoms with Gasteiger partial charge in [0, 0.05) is 44.0 Å². The number of hydrogen-bond donors (Lipinski definition) is 1. The number of fused-ring (bicyclic) bond motifs is 1. The maximum absolute atomic E-state index is 12.9. The van der Waals surface area contributed by atoms with E-state index in [1.165, 1.54) is 12.4 Å². The Labute approximate surface area is 176 Å². The van der Waals surface area contributed by atoms with Crippen molar-refractivity contribution in [2.75, 3.05) is 13.6 Å². The maximum atomic E-state index is 12.9. The molecule has 0 saturated heterocycles. The van der Waals surface area contributed by atoms with E-state index in [0.29, 0.717) is 37.1 Å². The van der Waals surface area contributed by atoms with Crippen LogP contribution in [0.1, 0.15) is 22.5 Å². The highest BCUT2D eigenvalue weighted by Gasteiger charge is 2.30. The molecule has 2 aromatic rings. The highest BCUT2D eigenvalue weighted by molar-refractivity contribution is 6.40. The summed E-state index contributed by atoms with van der Waals surface area (Å²) in [5, 5.41) is 8.34. The summed E-state index contributed by atoms with van der Waals surface area (Å²) in [5.74, 6) is 0. The zero-order valence-electron chi connectivity index (χ0n) is 16.2. The minimum atomic E-state index is -4.33. The van der Waals surface area contributed by atoms with Crippen molar-refractivity contribution in [3.05, 3.63) is 57.8 Å². The fraction of sp³-hybridized carbons (Fsp3) is 0.368. The number of pyridine rings is 1. The molecule has 2 aromatic heterocycles. The topological polar surface area (TPSA) is 75.4 Å². The van der Waals surface area contributed by atoms with Crippen LogP contribution < -0.4 is 5.43 Å². The molecule has 0 saturated carbocycles. The molecule has 0 spiro atoms. The Balaban J connectivity index is 1.82. The van der Waals surface area contributed by atoms with Crippen LogP contribution in [0.4, 0.5) is 13.2 Å².